The third-order valence-electron chi connectivity index (χ3n) is 5.24. The Morgan fingerprint density at radius 3 is 2.45 bits per heavy atom. The van der Waals surface area contributed by atoms with Crippen molar-refractivity contribution < 1.29 is 28.3 Å². The van der Waals surface area contributed by atoms with Gasteiger partial charge in [-0.2, -0.15) is 4.98 Å². The number of aromatic nitrogens is 2. The van der Waals surface area contributed by atoms with Gasteiger partial charge >= 0.3 is 5.97 Å². The van der Waals surface area contributed by atoms with Crippen LogP contribution in [-0.4, -0.2) is 42.3 Å². The van der Waals surface area contributed by atoms with Crippen LogP contribution in [-0.2, 0) is 16.1 Å². The van der Waals surface area contributed by atoms with Gasteiger partial charge in [-0.15, -0.1) is 0 Å². The highest BCUT2D eigenvalue weighted by molar-refractivity contribution is 5.96. The molecular weight excluding hydrogens is 426 g/mol. The molecular formula is C24H27N3O6. The first-order valence-electron chi connectivity index (χ1n) is 10.5. The van der Waals surface area contributed by atoms with E-state index in [4.69, 9.17) is 18.7 Å². The average Bonchev–Trinajstić information content (AvgIpc) is 3.34. The largest absolute Gasteiger partial charge is 0.493 e. The molecule has 0 bridgehead atoms. The molecule has 0 aliphatic rings. The van der Waals surface area contributed by atoms with Crippen molar-refractivity contribution in [1.29, 1.82) is 0 Å². The molecule has 1 amide bonds. The van der Waals surface area contributed by atoms with Crippen LogP contribution in [0.15, 0.2) is 53.1 Å². The fourth-order valence-electron chi connectivity index (χ4n) is 3.11. The van der Waals surface area contributed by atoms with Crippen LogP contribution in [0.3, 0.4) is 0 Å². The molecule has 1 heterocycles. The lowest BCUT2D eigenvalue weighted by Gasteiger charge is -2.22. The summed E-state index contributed by atoms with van der Waals surface area (Å²) in [5.74, 6) is 0.509. The van der Waals surface area contributed by atoms with Gasteiger partial charge in [0.25, 0.3) is 11.8 Å². The van der Waals surface area contributed by atoms with Crippen LogP contribution in [0.1, 0.15) is 36.5 Å². The van der Waals surface area contributed by atoms with Crippen molar-refractivity contribution in [2.45, 2.75) is 32.9 Å². The monoisotopic (exact) mass is 453 g/mol. The topological polar surface area (TPSA) is 113 Å². The van der Waals surface area contributed by atoms with E-state index in [1.165, 1.54) is 7.11 Å². The third kappa shape index (κ3) is 5.88. The zero-order valence-corrected chi connectivity index (χ0v) is 19.0. The van der Waals surface area contributed by atoms with Crippen LogP contribution in [0.5, 0.6) is 11.5 Å². The maximum atomic E-state index is 12.8. The van der Waals surface area contributed by atoms with E-state index in [0.717, 1.165) is 0 Å². The number of benzene rings is 2. The molecule has 9 heteroatoms. The molecule has 0 unspecified atom stereocenters. The number of nitrogens with one attached hydrogen (secondary N) is 1. The number of hydrogen-bond donors (Lipinski definition) is 1. The molecule has 0 radical (unpaired) electrons. The Balaban J connectivity index is 1.66. The molecule has 3 aromatic rings. The Bertz CT molecular complexity index is 1080. The summed E-state index contributed by atoms with van der Waals surface area (Å²) in [5, 5.41) is 6.70. The molecule has 174 valence electrons. The number of amides is 1. The fraction of sp³-hybridized carbons (Fsp3) is 0.333. The van der Waals surface area contributed by atoms with Gasteiger partial charge in [0.05, 0.1) is 14.2 Å². The first kappa shape index (κ1) is 23.8. The van der Waals surface area contributed by atoms with E-state index in [1.807, 2.05) is 19.9 Å². The number of nitrogens with zero attached hydrogens (tertiary/aromatic N) is 2. The summed E-state index contributed by atoms with van der Waals surface area (Å²) in [4.78, 5) is 29.6. The zero-order chi connectivity index (χ0) is 23.8. The lowest BCUT2D eigenvalue weighted by atomic mass is 9.99. The Morgan fingerprint density at radius 2 is 1.79 bits per heavy atom. The molecule has 9 nitrogen and oxygen atoms in total. The minimum Gasteiger partial charge on any atom is -0.493 e. The lowest BCUT2D eigenvalue weighted by molar-refractivity contribution is -0.149. The van der Waals surface area contributed by atoms with Gasteiger partial charge in [-0.1, -0.05) is 43.6 Å². The smallest absolute Gasteiger partial charge is 0.329 e. The maximum Gasteiger partial charge on any atom is 0.329 e. The van der Waals surface area contributed by atoms with Crippen LogP contribution >= 0.6 is 0 Å². The van der Waals surface area contributed by atoms with E-state index in [-0.39, 0.29) is 24.3 Å². The normalized spacial score (nSPS) is 12.5. The van der Waals surface area contributed by atoms with E-state index >= 15 is 0 Å². The number of carbonyl (C=O) groups excluding carboxylic acids is 2. The van der Waals surface area contributed by atoms with Gasteiger partial charge < -0.3 is 24.1 Å². The van der Waals surface area contributed by atoms with Crippen LogP contribution < -0.4 is 14.8 Å². The zero-order valence-electron chi connectivity index (χ0n) is 19.0. The Labute approximate surface area is 192 Å². The molecule has 33 heavy (non-hydrogen) atoms. The van der Waals surface area contributed by atoms with Crippen molar-refractivity contribution in [3.63, 3.8) is 0 Å². The number of hydrogen-bond acceptors (Lipinski definition) is 8. The van der Waals surface area contributed by atoms with E-state index in [1.54, 1.807) is 49.6 Å². The van der Waals surface area contributed by atoms with Gasteiger partial charge in [-0.05, 0) is 36.2 Å². The van der Waals surface area contributed by atoms with Crippen LogP contribution in [0.2, 0.25) is 0 Å². The molecule has 0 aliphatic heterocycles. The molecule has 0 aliphatic carbocycles. The number of methoxy groups -OCH3 is 2. The first-order chi connectivity index (χ1) is 16.0. The molecule has 0 saturated carbocycles. The van der Waals surface area contributed by atoms with E-state index in [2.05, 4.69) is 15.5 Å². The van der Waals surface area contributed by atoms with Crippen molar-refractivity contribution in [1.82, 2.24) is 15.5 Å². The van der Waals surface area contributed by atoms with Crippen LogP contribution in [0.25, 0.3) is 11.4 Å². The summed E-state index contributed by atoms with van der Waals surface area (Å²) in [5.41, 5.74) is 1.12. The summed E-state index contributed by atoms with van der Waals surface area (Å²) >= 11 is 0. The van der Waals surface area contributed by atoms with Gasteiger partial charge in [0.2, 0.25) is 5.82 Å². The Hall–Kier alpha value is -3.88. The summed E-state index contributed by atoms with van der Waals surface area (Å²) in [6.45, 7) is 3.60. The van der Waals surface area contributed by atoms with Crippen LogP contribution in [0, 0.1) is 5.92 Å². The number of rotatable bonds is 10. The predicted molar refractivity (Wildman–Crippen MR) is 120 cm³/mol. The molecule has 0 fully saturated rings. The van der Waals surface area contributed by atoms with Crippen molar-refractivity contribution in [3.8, 4) is 22.9 Å². The Kier molecular flexibility index (Phi) is 8.01. The van der Waals surface area contributed by atoms with Gasteiger partial charge in [-0.25, -0.2) is 4.79 Å². The van der Waals surface area contributed by atoms with E-state index < -0.39 is 12.0 Å². The first-order valence-corrected chi connectivity index (χ1v) is 10.5. The van der Waals surface area contributed by atoms with Gasteiger partial charge in [0.15, 0.2) is 18.1 Å². The maximum absolute atomic E-state index is 12.8. The average molecular weight is 453 g/mol. The van der Waals surface area contributed by atoms with Crippen molar-refractivity contribution >= 4 is 11.9 Å². The van der Waals surface area contributed by atoms with E-state index in [9.17, 15) is 9.59 Å². The minimum absolute atomic E-state index is 0.129. The van der Waals surface area contributed by atoms with Gasteiger partial charge in [-0.3, -0.25) is 4.79 Å². The highest BCUT2D eigenvalue weighted by atomic mass is 16.6. The van der Waals surface area contributed by atoms with Crippen molar-refractivity contribution in [2.24, 2.45) is 5.92 Å². The molecule has 2 atom stereocenters. The summed E-state index contributed by atoms with van der Waals surface area (Å²) in [6.07, 6.45) is 0.679. The second-order valence-electron chi connectivity index (χ2n) is 7.39. The van der Waals surface area contributed by atoms with Crippen molar-refractivity contribution in [2.75, 3.05) is 14.2 Å². The minimum atomic E-state index is -0.809. The number of carbonyl (C=O) groups is 2. The molecule has 1 N–H and O–H groups in total. The fourth-order valence-corrected chi connectivity index (χ4v) is 3.11. The van der Waals surface area contributed by atoms with Gasteiger partial charge in [0.1, 0.15) is 6.04 Å². The molecule has 1 aromatic heterocycles. The number of esters is 1. The van der Waals surface area contributed by atoms with Gasteiger partial charge in [0, 0.05) is 11.1 Å². The third-order valence-corrected chi connectivity index (χ3v) is 5.24. The predicted octanol–water partition coefficient (Wildman–Crippen LogP) is 3.64. The van der Waals surface area contributed by atoms with Crippen LogP contribution in [0.4, 0.5) is 0 Å². The lowest BCUT2D eigenvalue weighted by Crippen LogP contribution is -2.45. The van der Waals surface area contributed by atoms with Crippen molar-refractivity contribution in [3.05, 3.63) is 60.0 Å². The highest BCUT2D eigenvalue weighted by Gasteiger charge is 2.28. The Morgan fingerprint density at radius 1 is 1.06 bits per heavy atom. The molecule has 2 aromatic carbocycles. The second-order valence-corrected chi connectivity index (χ2v) is 7.39. The molecule has 3 rings (SSSR count). The second kappa shape index (κ2) is 11.1. The summed E-state index contributed by atoms with van der Waals surface area (Å²) < 4.78 is 21.1. The summed E-state index contributed by atoms with van der Waals surface area (Å²) in [6, 6.07) is 13.1. The molecule has 0 spiro atoms. The quantitative estimate of drug-likeness (QED) is 0.463. The van der Waals surface area contributed by atoms with E-state index in [0.29, 0.717) is 34.9 Å². The number of ether oxygens (including phenoxy) is 3. The standard InChI is InChI=1S/C24H27N3O6/c1-5-15(2)21(26-23(28)16-9-7-6-8-10-16)24(29)32-14-20-25-22(27-33-20)17-11-12-18(30-3)19(13-17)31-4/h6-13,15,21H,5,14H2,1-4H3,(H,26,28)/t15-,21-/m1/s1. The molecule has 0 saturated heterocycles. The SMILES string of the molecule is CC[C@@H](C)[C@@H](NC(=O)c1ccccc1)C(=O)OCc1nc(-c2ccc(OC)c(OC)c2)no1. The highest BCUT2D eigenvalue weighted by Crippen LogP contribution is 2.31. The summed E-state index contributed by atoms with van der Waals surface area (Å²) in [7, 11) is 3.08.